The molecule has 7 nitrogen and oxygen atoms in total. The van der Waals surface area contributed by atoms with Gasteiger partial charge >= 0.3 is 6.03 Å². The van der Waals surface area contributed by atoms with Crippen LogP contribution in [0.4, 0.5) is 4.79 Å². The van der Waals surface area contributed by atoms with Crippen molar-refractivity contribution >= 4 is 23.3 Å². The second-order valence-electron chi connectivity index (χ2n) is 6.28. The largest absolute Gasteiger partial charge is 0.493 e. The Labute approximate surface area is 160 Å². The molecule has 4 rings (SSSR count). The number of hydrogen-bond acceptors (Lipinski definition) is 5. The number of amides is 3. The van der Waals surface area contributed by atoms with E-state index in [4.69, 9.17) is 9.47 Å². The third-order valence-electron chi connectivity index (χ3n) is 4.69. The molecule has 3 heterocycles. The van der Waals surface area contributed by atoms with Gasteiger partial charge in [-0.05, 0) is 29.1 Å². The number of carbonyl (C=O) groups is 2. The summed E-state index contributed by atoms with van der Waals surface area (Å²) in [4.78, 5) is 28.1. The average molecular weight is 385 g/mol. The van der Waals surface area contributed by atoms with E-state index in [1.807, 2.05) is 23.6 Å². The summed E-state index contributed by atoms with van der Waals surface area (Å²) in [7, 11) is 3.12. The minimum Gasteiger partial charge on any atom is -0.493 e. The van der Waals surface area contributed by atoms with Crippen LogP contribution >= 0.6 is 11.3 Å². The Morgan fingerprint density at radius 3 is 2.70 bits per heavy atom. The van der Waals surface area contributed by atoms with Crippen molar-refractivity contribution in [2.75, 3.05) is 20.8 Å². The Morgan fingerprint density at radius 1 is 1.19 bits per heavy atom. The average Bonchev–Trinajstić information content (AvgIpc) is 3.29. The second-order valence-corrected chi connectivity index (χ2v) is 7.31. The molecule has 1 aromatic carbocycles. The molecule has 27 heavy (non-hydrogen) atoms. The van der Waals surface area contributed by atoms with Gasteiger partial charge in [0.05, 0.1) is 44.6 Å². The summed E-state index contributed by atoms with van der Waals surface area (Å²) < 4.78 is 10.6. The Bertz CT molecular complexity index is 923. The molecule has 1 aromatic heterocycles. The van der Waals surface area contributed by atoms with Crippen molar-refractivity contribution in [1.29, 1.82) is 0 Å². The number of benzene rings is 1. The van der Waals surface area contributed by atoms with Crippen LogP contribution in [0.1, 0.15) is 16.5 Å². The fraction of sp³-hybridized carbons (Fsp3) is 0.263. The first-order chi connectivity index (χ1) is 13.1. The van der Waals surface area contributed by atoms with Crippen LogP contribution in [0.3, 0.4) is 0 Å². The fourth-order valence-corrected chi connectivity index (χ4v) is 4.15. The third-order valence-corrected chi connectivity index (χ3v) is 5.55. The molecule has 0 bridgehead atoms. The zero-order valence-corrected chi connectivity index (χ0v) is 15.8. The van der Waals surface area contributed by atoms with E-state index in [0.717, 1.165) is 10.4 Å². The zero-order valence-electron chi connectivity index (χ0n) is 14.9. The van der Waals surface area contributed by atoms with Gasteiger partial charge in [-0.3, -0.25) is 4.79 Å². The third kappa shape index (κ3) is 3.12. The van der Waals surface area contributed by atoms with Crippen LogP contribution in [0, 0.1) is 0 Å². The SMILES string of the molecule is COc1ccc([C@@H]2NC(=O)NC3=C2C(=O)N(Cc2cccs2)C3)cc1OC. The predicted octanol–water partition coefficient (Wildman–Crippen LogP) is 2.42. The first-order valence-corrected chi connectivity index (χ1v) is 9.33. The van der Waals surface area contributed by atoms with Gasteiger partial charge in [-0.25, -0.2) is 4.79 Å². The molecule has 2 N–H and O–H groups in total. The van der Waals surface area contributed by atoms with Gasteiger partial charge in [-0.1, -0.05) is 12.1 Å². The molecule has 0 aliphatic carbocycles. The van der Waals surface area contributed by atoms with Crippen LogP contribution < -0.4 is 20.1 Å². The Balaban J connectivity index is 1.66. The van der Waals surface area contributed by atoms with Gasteiger partial charge in [0.1, 0.15) is 0 Å². The molecule has 140 valence electrons. The molecule has 0 unspecified atom stereocenters. The van der Waals surface area contributed by atoms with Crippen LogP contribution in [0.5, 0.6) is 11.5 Å². The number of methoxy groups -OCH3 is 2. The fourth-order valence-electron chi connectivity index (χ4n) is 3.43. The molecule has 0 saturated heterocycles. The van der Waals surface area contributed by atoms with Gasteiger partial charge in [-0.15, -0.1) is 11.3 Å². The number of hydrogen-bond donors (Lipinski definition) is 2. The van der Waals surface area contributed by atoms with Crippen molar-refractivity contribution in [1.82, 2.24) is 15.5 Å². The second kappa shape index (κ2) is 6.96. The Hall–Kier alpha value is -3.00. The normalized spacial score (nSPS) is 18.9. The van der Waals surface area contributed by atoms with E-state index in [1.165, 1.54) is 0 Å². The first-order valence-electron chi connectivity index (χ1n) is 8.45. The highest BCUT2D eigenvalue weighted by Gasteiger charge is 2.40. The first kappa shape index (κ1) is 17.4. The summed E-state index contributed by atoms with van der Waals surface area (Å²) in [6.07, 6.45) is 0. The molecule has 8 heteroatoms. The van der Waals surface area contributed by atoms with Crippen molar-refractivity contribution in [2.24, 2.45) is 0 Å². The van der Waals surface area contributed by atoms with Gasteiger partial charge in [0.15, 0.2) is 11.5 Å². The van der Waals surface area contributed by atoms with Crippen molar-refractivity contribution < 1.29 is 19.1 Å². The Morgan fingerprint density at radius 2 is 2.00 bits per heavy atom. The van der Waals surface area contributed by atoms with Crippen LogP contribution in [0.15, 0.2) is 47.0 Å². The number of thiophene rings is 1. The molecule has 1 atom stereocenters. The lowest BCUT2D eigenvalue weighted by Crippen LogP contribution is -2.44. The summed E-state index contributed by atoms with van der Waals surface area (Å²) in [6, 6.07) is 8.49. The monoisotopic (exact) mass is 385 g/mol. The maximum Gasteiger partial charge on any atom is 0.319 e. The van der Waals surface area contributed by atoms with E-state index < -0.39 is 6.04 Å². The lowest BCUT2D eigenvalue weighted by atomic mass is 9.96. The van der Waals surface area contributed by atoms with Gasteiger partial charge in [0.2, 0.25) is 0 Å². The number of urea groups is 1. The molecule has 0 radical (unpaired) electrons. The number of nitrogens with one attached hydrogen (secondary N) is 2. The molecule has 0 spiro atoms. The summed E-state index contributed by atoms with van der Waals surface area (Å²) in [5, 5.41) is 7.62. The van der Waals surface area contributed by atoms with Crippen LogP contribution in [0.25, 0.3) is 0 Å². The van der Waals surface area contributed by atoms with E-state index in [9.17, 15) is 9.59 Å². The molecule has 2 aliphatic rings. The van der Waals surface area contributed by atoms with Crippen molar-refractivity contribution in [3.63, 3.8) is 0 Å². The van der Waals surface area contributed by atoms with Gasteiger partial charge < -0.3 is 25.0 Å². The Kier molecular flexibility index (Phi) is 4.49. The van der Waals surface area contributed by atoms with Crippen LogP contribution in [0.2, 0.25) is 0 Å². The van der Waals surface area contributed by atoms with Crippen LogP contribution in [-0.4, -0.2) is 37.6 Å². The molecular weight excluding hydrogens is 366 g/mol. The van der Waals surface area contributed by atoms with Gasteiger partial charge in [0.25, 0.3) is 5.91 Å². The summed E-state index contributed by atoms with van der Waals surface area (Å²) in [5.74, 6) is 1.06. The summed E-state index contributed by atoms with van der Waals surface area (Å²) in [6.45, 7) is 0.918. The molecular formula is C19H19N3O4S. The highest BCUT2D eigenvalue weighted by atomic mass is 32.1. The minimum absolute atomic E-state index is 0.0781. The topological polar surface area (TPSA) is 79.9 Å². The maximum atomic E-state index is 13.1. The lowest BCUT2D eigenvalue weighted by molar-refractivity contribution is -0.126. The van der Waals surface area contributed by atoms with E-state index in [1.54, 1.807) is 42.6 Å². The molecule has 0 saturated carbocycles. The number of nitrogens with zero attached hydrogens (tertiary/aromatic N) is 1. The standard InChI is InChI=1S/C19H19N3O4S/c1-25-14-6-5-11(8-15(14)26-2)17-16-13(20-19(24)21-17)10-22(18(16)23)9-12-4-3-7-27-12/h3-8,17H,9-10H2,1-2H3,(H2,20,21,24)/t17-/m0/s1. The zero-order chi connectivity index (χ0) is 19.0. The predicted molar refractivity (Wildman–Crippen MR) is 101 cm³/mol. The number of ether oxygens (including phenoxy) is 2. The van der Waals surface area contributed by atoms with E-state index in [0.29, 0.717) is 35.9 Å². The molecule has 2 aromatic rings. The molecule has 2 aliphatic heterocycles. The van der Waals surface area contributed by atoms with E-state index in [-0.39, 0.29) is 11.9 Å². The van der Waals surface area contributed by atoms with Crippen molar-refractivity contribution in [3.05, 3.63) is 57.4 Å². The highest BCUT2D eigenvalue weighted by molar-refractivity contribution is 7.09. The smallest absolute Gasteiger partial charge is 0.319 e. The molecule has 3 amide bonds. The molecule has 0 fully saturated rings. The summed E-state index contributed by atoms with van der Waals surface area (Å²) >= 11 is 1.61. The van der Waals surface area contributed by atoms with E-state index >= 15 is 0 Å². The van der Waals surface area contributed by atoms with Gasteiger partial charge in [-0.2, -0.15) is 0 Å². The van der Waals surface area contributed by atoms with Crippen LogP contribution in [-0.2, 0) is 11.3 Å². The number of rotatable bonds is 5. The highest BCUT2D eigenvalue weighted by Crippen LogP contribution is 2.37. The van der Waals surface area contributed by atoms with E-state index in [2.05, 4.69) is 10.6 Å². The maximum absolute atomic E-state index is 13.1. The summed E-state index contributed by atoms with van der Waals surface area (Å²) in [5.41, 5.74) is 1.99. The van der Waals surface area contributed by atoms with Gasteiger partial charge in [0, 0.05) is 4.88 Å². The van der Waals surface area contributed by atoms with Crippen molar-refractivity contribution in [2.45, 2.75) is 12.6 Å². The van der Waals surface area contributed by atoms with Crippen molar-refractivity contribution in [3.8, 4) is 11.5 Å². The number of carbonyl (C=O) groups excluding carboxylic acids is 2. The lowest BCUT2D eigenvalue weighted by Gasteiger charge is -2.26. The minimum atomic E-state index is -0.533. The quantitative estimate of drug-likeness (QED) is 0.828.